The number of amides is 1. The number of para-hydroxylation sites is 1. The summed E-state index contributed by atoms with van der Waals surface area (Å²) in [6, 6.07) is 17.8. The Morgan fingerprint density at radius 1 is 1.11 bits per heavy atom. The summed E-state index contributed by atoms with van der Waals surface area (Å²) in [5.74, 6) is -0.0344. The van der Waals surface area contributed by atoms with Gasteiger partial charge in [-0.15, -0.1) is 0 Å². The topological polar surface area (TPSA) is 153 Å². The fourth-order valence-electron chi connectivity index (χ4n) is 4.20. The maximum Gasteiger partial charge on any atom is 0.338 e. The van der Waals surface area contributed by atoms with Crippen LogP contribution >= 0.6 is 28.1 Å². The van der Waals surface area contributed by atoms with E-state index in [1.165, 1.54) is 18.3 Å². The molecule has 3 aromatic carbocycles. The van der Waals surface area contributed by atoms with Crippen LogP contribution in [-0.2, 0) is 20.9 Å². The summed E-state index contributed by atoms with van der Waals surface area (Å²) < 4.78 is 17.5. The molecule has 1 aliphatic rings. The molecule has 0 unspecified atom stereocenters. The van der Waals surface area contributed by atoms with E-state index >= 15 is 0 Å². The van der Waals surface area contributed by atoms with Crippen molar-refractivity contribution in [2.24, 2.45) is 5.10 Å². The number of hydrogen-bond acceptors (Lipinski definition) is 9. The second-order valence-corrected chi connectivity index (χ2v) is 10.6. The minimum atomic E-state index is -0.639. The van der Waals surface area contributed by atoms with Crippen molar-refractivity contribution in [2.45, 2.75) is 26.5 Å². The molecule has 0 aliphatic carbocycles. The number of hydrazone groups is 1. The first-order chi connectivity index (χ1) is 21.2. The number of thiocarbonyl (C=S) groups is 1. The van der Waals surface area contributed by atoms with Crippen LogP contribution in [0.2, 0.25) is 0 Å². The molecule has 1 aliphatic heterocycles. The van der Waals surface area contributed by atoms with Gasteiger partial charge in [0, 0.05) is 23.4 Å². The number of ether oxygens (including phenoxy) is 3. The molecule has 0 spiro atoms. The van der Waals surface area contributed by atoms with Crippen molar-refractivity contribution in [1.82, 2.24) is 16.1 Å². The van der Waals surface area contributed by atoms with Crippen molar-refractivity contribution in [3.8, 4) is 11.5 Å². The normalized spacial score (nSPS) is 14.4. The number of nitro groups is 1. The minimum Gasteiger partial charge on any atom is -0.488 e. The Morgan fingerprint density at radius 3 is 2.57 bits per heavy atom. The lowest BCUT2D eigenvalue weighted by atomic mass is 9.95. The first-order valence-corrected chi connectivity index (χ1v) is 14.5. The van der Waals surface area contributed by atoms with E-state index in [1.54, 1.807) is 68.4 Å². The zero-order valence-electron chi connectivity index (χ0n) is 23.7. The quantitative estimate of drug-likeness (QED) is 0.0797. The maximum absolute atomic E-state index is 12.7. The molecule has 4 rings (SSSR count). The van der Waals surface area contributed by atoms with Gasteiger partial charge >= 0.3 is 5.97 Å². The number of benzene rings is 3. The van der Waals surface area contributed by atoms with E-state index in [4.69, 9.17) is 26.4 Å². The van der Waals surface area contributed by atoms with Crippen molar-refractivity contribution >= 4 is 57.0 Å². The third kappa shape index (κ3) is 8.39. The van der Waals surface area contributed by atoms with Crippen molar-refractivity contribution in [2.75, 3.05) is 13.2 Å². The van der Waals surface area contributed by atoms with E-state index < -0.39 is 22.8 Å². The first kappa shape index (κ1) is 32.1. The Bertz CT molecular complexity index is 1630. The molecule has 228 valence electrons. The fourth-order valence-corrected chi connectivity index (χ4v) is 4.98. The number of allylic oxidation sites excluding steroid dienone is 1. The average Bonchev–Trinajstić information content (AvgIpc) is 2.99. The molecule has 1 amide bonds. The summed E-state index contributed by atoms with van der Waals surface area (Å²) in [6.45, 7) is 3.57. The molecule has 0 saturated heterocycles. The molecule has 1 heterocycles. The Kier molecular flexibility index (Phi) is 11.0. The van der Waals surface area contributed by atoms with Gasteiger partial charge in [-0.1, -0.05) is 18.2 Å². The number of halogens is 1. The molecule has 0 radical (unpaired) electrons. The van der Waals surface area contributed by atoms with Crippen molar-refractivity contribution in [3.63, 3.8) is 0 Å². The first-order valence-electron chi connectivity index (χ1n) is 13.3. The van der Waals surface area contributed by atoms with Crippen LogP contribution in [0.1, 0.15) is 36.6 Å². The van der Waals surface area contributed by atoms with Gasteiger partial charge in [0.05, 0.1) is 33.8 Å². The van der Waals surface area contributed by atoms with Crippen molar-refractivity contribution in [3.05, 3.63) is 109 Å². The highest BCUT2D eigenvalue weighted by Gasteiger charge is 2.32. The fraction of sp³-hybridized carbons (Fsp3) is 0.200. The van der Waals surface area contributed by atoms with Crippen LogP contribution in [-0.4, -0.2) is 41.3 Å². The zero-order valence-corrected chi connectivity index (χ0v) is 26.1. The predicted octanol–water partition coefficient (Wildman–Crippen LogP) is 4.82. The summed E-state index contributed by atoms with van der Waals surface area (Å²) in [6.07, 6.45) is 1.47. The minimum absolute atomic E-state index is 0.0128. The highest BCUT2D eigenvalue weighted by molar-refractivity contribution is 9.10. The monoisotopic (exact) mass is 681 g/mol. The molecule has 14 heteroatoms. The lowest BCUT2D eigenvalue weighted by Gasteiger charge is -2.30. The van der Waals surface area contributed by atoms with Gasteiger partial charge in [0.1, 0.15) is 18.1 Å². The number of hydrogen-bond donors (Lipinski definition) is 3. The van der Waals surface area contributed by atoms with E-state index in [-0.39, 0.29) is 25.5 Å². The van der Waals surface area contributed by atoms with Crippen LogP contribution in [0, 0.1) is 10.1 Å². The summed E-state index contributed by atoms with van der Waals surface area (Å²) in [5.41, 5.74) is 5.45. The Hall–Kier alpha value is -4.82. The molecular formula is C30H28BrN5O7S. The summed E-state index contributed by atoms with van der Waals surface area (Å²) in [4.78, 5) is 35.6. The van der Waals surface area contributed by atoms with E-state index in [1.807, 2.05) is 0 Å². The van der Waals surface area contributed by atoms with E-state index in [0.717, 1.165) is 5.56 Å². The highest BCUT2D eigenvalue weighted by Crippen LogP contribution is 2.33. The Balaban J connectivity index is 1.33. The predicted molar refractivity (Wildman–Crippen MR) is 170 cm³/mol. The van der Waals surface area contributed by atoms with Crippen LogP contribution < -0.4 is 25.5 Å². The number of rotatable bonds is 12. The molecule has 0 saturated carbocycles. The third-order valence-corrected chi connectivity index (χ3v) is 7.09. The van der Waals surface area contributed by atoms with E-state index in [0.29, 0.717) is 43.5 Å². The Labute approximate surface area is 266 Å². The largest absolute Gasteiger partial charge is 0.488 e. The Morgan fingerprint density at radius 2 is 1.86 bits per heavy atom. The van der Waals surface area contributed by atoms with Gasteiger partial charge in [0.25, 0.3) is 11.6 Å². The molecule has 3 N–H and O–H groups in total. The van der Waals surface area contributed by atoms with Crippen LogP contribution in [0.3, 0.4) is 0 Å². The number of non-ortho nitro benzene ring substituents is 1. The number of carbonyl (C=O) groups excluding carboxylic acids is 2. The molecule has 12 nitrogen and oxygen atoms in total. The second-order valence-electron chi connectivity index (χ2n) is 9.31. The van der Waals surface area contributed by atoms with Gasteiger partial charge in [-0.2, -0.15) is 5.10 Å². The summed E-state index contributed by atoms with van der Waals surface area (Å²) >= 11 is 8.76. The third-order valence-electron chi connectivity index (χ3n) is 6.25. The molecule has 1 atom stereocenters. The number of carbonyl (C=O) groups is 2. The molecular weight excluding hydrogens is 654 g/mol. The average molecular weight is 683 g/mol. The van der Waals surface area contributed by atoms with E-state index in [2.05, 4.69) is 37.1 Å². The van der Waals surface area contributed by atoms with Crippen LogP contribution in [0.25, 0.3) is 0 Å². The number of nitrogens with one attached hydrogen (secondary N) is 3. The van der Waals surface area contributed by atoms with Gasteiger partial charge in [0.2, 0.25) is 0 Å². The highest BCUT2D eigenvalue weighted by atomic mass is 79.9. The van der Waals surface area contributed by atoms with Gasteiger partial charge in [-0.05, 0) is 89.5 Å². The van der Waals surface area contributed by atoms with Gasteiger partial charge in [-0.25, -0.2) is 10.2 Å². The smallest absolute Gasteiger partial charge is 0.338 e. The zero-order chi connectivity index (χ0) is 31.6. The summed E-state index contributed by atoms with van der Waals surface area (Å²) in [5, 5.41) is 21.2. The lowest BCUT2D eigenvalue weighted by Crippen LogP contribution is -2.45. The number of nitro benzene ring substituents is 1. The summed E-state index contributed by atoms with van der Waals surface area (Å²) in [7, 11) is 0. The van der Waals surface area contributed by atoms with Crippen molar-refractivity contribution < 1.29 is 28.7 Å². The molecule has 0 fully saturated rings. The molecule has 3 aromatic rings. The standard InChI is InChI=1S/C30H28BrN5O7S/c1-3-41-29(38)27-18(2)33-30(44)34-28(27)22-6-4-5-7-24(22)43-17-26(37)35-32-15-20-10-13-25(23(31)14-20)42-16-19-8-11-21(12-9-19)36(39)40/h4-15,28H,3,16-17H2,1-2H3,(H,35,37)(H2,33,34,44)/t28-/m0/s1. The van der Waals surface area contributed by atoms with Crippen molar-refractivity contribution in [1.29, 1.82) is 0 Å². The van der Waals surface area contributed by atoms with Gasteiger partial charge in [0.15, 0.2) is 11.7 Å². The van der Waals surface area contributed by atoms with E-state index in [9.17, 15) is 19.7 Å². The van der Waals surface area contributed by atoms with Gasteiger partial charge in [-0.3, -0.25) is 14.9 Å². The van der Waals surface area contributed by atoms with Crippen LogP contribution in [0.4, 0.5) is 5.69 Å². The van der Waals surface area contributed by atoms with Crippen LogP contribution in [0.15, 0.2) is 87.6 Å². The SMILES string of the molecule is CCOC(=O)C1=C(C)NC(=S)N[C@H]1c1ccccc1OCC(=O)NN=Cc1ccc(OCc2ccc([N+](=O)[O-])cc2)c(Br)c1. The number of nitrogens with zero attached hydrogens (tertiary/aromatic N) is 2. The molecule has 0 aromatic heterocycles. The van der Waals surface area contributed by atoms with Gasteiger partial charge < -0.3 is 24.8 Å². The maximum atomic E-state index is 12.7. The lowest BCUT2D eigenvalue weighted by molar-refractivity contribution is -0.384. The van der Waals surface area contributed by atoms with Crippen LogP contribution in [0.5, 0.6) is 11.5 Å². The molecule has 0 bridgehead atoms. The number of esters is 1. The second kappa shape index (κ2) is 15.1. The molecule has 44 heavy (non-hydrogen) atoms.